The predicted molar refractivity (Wildman–Crippen MR) is 81.5 cm³/mol. The molecule has 114 valence electrons. The summed E-state index contributed by atoms with van der Waals surface area (Å²) in [4.78, 5) is 0. The van der Waals surface area contributed by atoms with Gasteiger partial charge in [-0.15, -0.1) is 0 Å². The normalized spacial score (nSPS) is 18.6. The van der Waals surface area contributed by atoms with E-state index in [1.807, 2.05) is 0 Å². The van der Waals surface area contributed by atoms with Gasteiger partial charge in [0, 0.05) is 13.2 Å². The molecular formula is C17H34O2. The van der Waals surface area contributed by atoms with Crippen molar-refractivity contribution < 1.29 is 9.84 Å². The molecule has 0 aromatic rings. The van der Waals surface area contributed by atoms with Gasteiger partial charge in [-0.3, -0.25) is 0 Å². The van der Waals surface area contributed by atoms with Crippen LogP contribution in [0.1, 0.15) is 90.4 Å². The van der Waals surface area contributed by atoms with Gasteiger partial charge in [0.1, 0.15) is 0 Å². The number of ether oxygens (including phenoxy) is 1. The molecule has 0 spiro atoms. The van der Waals surface area contributed by atoms with E-state index in [0.717, 1.165) is 32.5 Å². The van der Waals surface area contributed by atoms with Crippen LogP contribution in [0.25, 0.3) is 0 Å². The maximum absolute atomic E-state index is 10.3. The highest BCUT2D eigenvalue weighted by atomic mass is 16.5. The summed E-state index contributed by atoms with van der Waals surface area (Å²) >= 11 is 0. The molecular weight excluding hydrogens is 236 g/mol. The maximum atomic E-state index is 10.3. The average molecular weight is 270 g/mol. The Hall–Kier alpha value is -0.0800. The number of unbranched alkanes of at least 4 members (excludes halogenated alkanes) is 9. The first kappa shape index (κ1) is 17.0. The van der Waals surface area contributed by atoms with E-state index in [1.165, 1.54) is 64.2 Å². The van der Waals surface area contributed by atoms with Crippen molar-refractivity contribution in [1.29, 1.82) is 0 Å². The highest BCUT2D eigenvalue weighted by Gasteiger charge is 2.28. The Labute approximate surface area is 119 Å². The molecule has 0 aliphatic carbocycles. The quantitative estimate of drug-likeness (QED) is 0.544. The SMILES string of the molecule is CCCCCCCCCCCCC1(O)CCOCC1. The molecule has 2 nitrogen and oxygen atoms in total. The Bertz CT molecular complexity index is 197. The fraction of sp³-hybridized carbons (Fsp3) is 1.00. The molecule has 0 unspecified atom stereocenters. The Kier molecular flexibility index (Phi) is 9.54. The van der Waals surface area contributed by atoms with E-state index in [-0.39, 0.29) is 0 Å². The minimum Gasteiger partial charge on any atom is -0.390 e. The fourth-order valence-electron chi connectivity index (χ4n) is 2.94. The van der Waals surface area contributed by atoms with E-state index >= 15 is 0 Å². The van der Waals surface area contributed by atoms with Gasteiger partial charge in [0.15, 0.2) is 0 Å². The average Bonchev–Trinajstić information content (AvgIpc) is 2.42. The monoisotopic (exact) mass is 270 g/mol. The molecule has 0 amide bonds. The minimum atomic E-state index is -0.404. The third-order valence-electron chi connectivity index (χ3n) is 4.42. The number of rotatable bonds is 11. The predicted octanol–water partition coefficient (Wildman–Crippen LogP) is 4.84. The van der Waals surface area contributed by atoms with Crippen LogP contribution >= 0.6 is 0 Å². The minimum absolute atomic E-state index is 0.404. The Balaban J connectivity index is 1.83. The van der Waals surface area contributed by atoms with Crippen molar-refractivity contribution in [2.24, 2.45) is 0 Å². The summed E-state index contributed by atoms with van der Waals surface area (Å²) in [6.07, 6.45) is 16.3. The van der Waals surface area contributed by atoms with Gasteiger partial charge in [-0.25, -0.2) is 0 Å². The standard InChI is InChI=1S/C17H34O2/c1-2-3-4-5-6-7-8-9-10-11-12-17(18)13-15-19-16-14-17/h18H,2-16H2,1H3. The number of hydrogen-bond donors (Lipinski definition) is 1. The lowest BCUT2D eigenvalue weighted by Crippen LogP contribution is -2.35. The highest BCUT2D eigenvalue weighted by Crippen LogP contribution is 2.26. The molecule has 1 heterocycles. The molecule has 19 heavy (non-hydrogen) atoms. The number of aliphatic hydroxyl groups is 1. The maximum Gasteiger partial charge on any atom is 0.0691 e. The molecule has 1 N–H and O–H groups in total. The zero-order valence-electron chi connectivity index (χ0n) is 13.0. The topological polar surface area (TPSA) is 29.5 Å². The van der Waals surface area contributed by atoms with Crippen LogP contribution in [0, 0.1) is 0 Å². The van der Waals surface area contributed by atoms with Crippen LogP contribution < -0.4 is 0 Å². The van der Waals surface area contributed by atoms with Crippen molar-refractivity contribution in [3.63, 3.8) is 0 Å². The molecule has 0 aromatic heterocycles. The van der Waals surface area contributed by atoms with Crippen LogP contribution in [0.4, 0.5) is 0 Å². The van der Waals surface area contributed by atoms with E-state index < -0.39 is 5.60 Å². The third kappa shape index (κ3) is 8.65. The van der Waals surface area contributed by atoms with Crippen LogP contribution in [-0.4, -0.2) is 23.9 Å². The summed E-state index contributed by atoms with van der Waals surface area (Å²) in [7, 11) is 0. The van der Waals surface area contributed by atoms with Crippen molar-refractivity contribution in [1.82, 2.24) is 0 Å². The zero-order chi connectivity index (χ0) is 13.8. The zero-order valence-corrected chi connectivity index (χ0v) is 13.0. The molecule has 1 saturated heterocycles. The van der Waals surface area contributed by atoms with Crippen molar-refractivity contribution in [2.75, 3.05) is 13.2 Å². The number of hydrogen-bond acceptors (Lipinski definition) is 2. The highest BCUT2D eigenvalue weighted by molar-refractivity contribution is 4.80. The lowest BCUT2D eigenvalue weighted by Gasteiger charge is -2.32. The van der Waals surface area contributed by atoms with Crippen LogP contribution in [-0.2, 0) is 4.74 Å². The van der Waals surface area contributed by atoms with Crippen LogP contribution in [0.3, 0.4) is 0 Å². The molecule has 0 atom stereocenters. The summed E-state index contributed by atoms with van der Waals surface area (Å²) in [5.41, 5.74) is -0.404. The largest absolute Gasteiger partial charge is 0.390 e. The summed E-state index contributed by atoms with van der Waals surface area (Å²) < 4.78 is 5.30. The summed E-state index contributed by atoms with van der Waals surface area (Å²) in [5.74, 6) is 0. The van der Waals surface area contributed by atoms with Crippen LogP contribution in [0.15, 0.2) is 0 Å². The Morgan fingerprint density at radius 2 is 1.26 bits per heavy atom. The second-order valence-corrected chi connectivity index (χ2v) is 6.27. The van der Waals surface area contributed by atoms with Crippen molar-refractivity contribution in [3.8, 4) is 0 Å². The van der Waals surface area contributed by atoms with E-state index in [4.69, 9.17) is 4.74 Å². The van der Waals surface area contributed by atoms with E-state index in [1.54, 1.807) is 0 Å². The van der Waals surface area contributed by atoms with E-state index in [2.05, 4.69) is 6.92 Å². The second-order valence-electron chi connectivity index (χ2n) is 6.27. The molecule has 1 rings (SSSR count). The first-order chi connectivity index (χ1) is 9.27. The molecule has 1 fully saturated rings. The summed E-state index contributed by atoms with van der Waals surface area (Å²) in [5, 5.41) is 10.3. The van der Waals surface area contributed by atoms with Gasteiger partial charge in [-0.05, 0) is 19.3 Å². The molecule has 0 saturated carbocycles. The summed E-state index contributed by atoms with van der Waals surface area (Å²) in [6, 6.07) is 0. The third-order valence-corrected chi connectivity index (χ3v) is 4.42. The summed E-state index contributed by atoms with van der Waals surface area (Å²) in [6.45, 7) is 3.76. The van der Waals surface area contributed by atoms with E-state index in [9.17, 15) is 5.11 Å². The van der Waals surface area contributed by atoms with Gasteiger partial charge in [-0.2, -0.15) is 0 Å². The van der Waals surface area contributed by atoms with Crippen molar-refractivity contribution >= 4 is 0 Å². The molecule has 1 aliphatic rings. The van der Waals surface area contributed by atoms with E-state index in [0.29, 0.717) is 0 Å². The first-order valence-electron chi connectivity index (χ1n) is 8.57. The lowest BCUT2D eigenvalue weighted by atomic mass is 9.88. The van der Waals surface area contributed by atoms with Crippen molar-refractivity contribution in [2.45, 2.75) is 96.0 Å². The van der Waals surface area contributed by atoms with Gasteiger partial charge in [0.2, 0.25) is 0 Å². The van der Waals surface area contributed by atoms with Crippen LogP contribution in [0.2, 0.25) is 0 Å². The molecule has 0 aromatic carbocycles. The molecule has 0 bridgehead atoms. The fourth-order valence-corrected chi connectivity index (χ4v) is 2.94. The van der Waals surface area contributed by atoms with Gasteiger partial charge < -0.3 is 9.84 Å². The van der Waals surface area contributed by atoms with Gasteiger partial charge in [-0.1, -0.05) is 71.1 Å². The van der Waals surface area contributed by atoms with Crippen molar-refractivity contribution in [3.05, 3.63) is 0 Å². The Morgan fingerprint density at radius 1 is 0.789 bits per heavy atom. The van der Waals surface area contributed by atoms with Gasteiger partial charge >= 0.3 is 0 Å². The Morgan fingerprint density at radius 3 is 1.79 bits per heavy atom. The molecule has 1 aliphatic heterocycles. The van der Waals surface area contributed by atoms with Gasteiger partial charge in [0.05, 0.1) is 5.60 Å². The lowest BCUT2D eigenvalue weighted by molar-refractivity contribution is -0.0690. The smallest absolute Gasteiger partial charge is 0.0691 e. The molecule has 2 heteroatoms. The molecule has 0 radical (unpaired) electrons. The second kappa shape index (κ2) is 10.7. The van der Waals surface area contributed by atoms with Crippen LogP contribution in [0.5, 0.6) is 0 Å². The first-order valence-corrected chi connectivity index (χ1v) is 8.57. The van der Waals surface area contributed by atoms with Gasteiger partial charge in [0.25, 0.3) is 0 Å².